The number of hydrogen-bond acceptors (Lipinski definition) is 6. The normalized spacial score (nSPS) is 11.5. The molecule has 0 amide bonds. The molecule has 0 aliphatic heterocycles. The molecule has 1 aromatic carbocycles. The first kappa shape index (κ1) is 14.9. The van der Waals surface area contributed by atoms with Crippen molar-refractivity contribution in [3.63, 3.8) is 0 Å². The lowest BCUT2D eigenvalue weighted by Crippen LogP contribution is -1.99. The molecule has 0 saturated heterocycles. The van der Waals surface area contributed by atoms with Crippen molar-refractivity contribution in [2.45, 2.75) is 20.3 Å². The fraction of sp³-hybridized carbons (Fsp3) is 0.200. The summed E-state index contributed by atoms with van der Waals surface area (Å²) in [5.74, 6) is -0.444. The van der Waals surface area contributed by atoms with Crippen LogP contribution in [0.3, 0.4) is 0 Å². The number of nitrogens with zero attached hydrogens (tertiary/aromatic N) is 5. The quantitative estimate of drug-likeness (QED) is 0.569. The molecule has 6 nitrogen and oxygen atoms in total. The standard InChI is InChI=1S/C15H11F2N5OS/c1-7-10(8(2)23-21-7)6-13-18-19-15-22(13)20-14(24-15)9-3-4-11(16)12(17)5-9/h3-5H,6H2,1-2H3. The molecule has 3 aromatic heterocycles. The third kappa shape index (κ3) is 2.37. The summed E-state index contributed by atoms with van der Waals surface area (Å²) in [7, 11) is 0. The van der Waals surface area contributed by atoms with Crippen LogP contribution in [0.25, 0.3) is 15.5 Å². The van der Waals surface area contributed by atoms with Gasteiger partial charge in [-0.2, -0.15) is 9.61 Å². The van der Waals surface area contributed by atoms with Crippen LogP contribution in [-0.2, 0) is 6.42 Å². The minimum Gasteiger partial charge on any atom is -0.361 e. The zero-order valence-corrected chi connectivity index (χ0v) is 13.6. The second kappa shape index (κ2) is 5.45. The molecular formula is C15H11F2N5OS. The molecule has 4 rings (SSSR count). The van der Waals surface area contributed by atoms with Gasteiger partial charge in [0, 0.05) is 17.5 Å². The van der Waals surface area contributed by atoms with Gasteiger partial charge in [-0.05, 0) is 32.0 Å². The van der Waals surface area contributed by atoms with Gasteiger partial charge in [0.25, 0.3) is 0 Å². The van der Waals surface area contributed by atoms with Gasteiger partial charge in [0.15, 0.2) is 17.5 Å². The summed E-state index contributed by atoms with van der Waals surface area (Å²) in [6.07, 6.45) is 0.475. The molecule has 0 N–H and O–H groups in total. The Morgan fingerprint density at radius 3 is 2.71 bits per heavy atom. The van der Waals surface area contributed by atoms with E-state index in [9.17, 15) is 8.78 Å². The molecule has 0 aliphatic carbocycles. The molecule has 122 valence electrons. The topological polar surface area (TPSA) is 69.1 Å². The molecule has 3 heterocycles. The van der Waals surface area contributed by atoms with Crippen LogP contribution in [0.2, 0.25) is 0 Å². The molecular weight excluding hydrogens is 336 g/mol. The van der Waals surface area contributed by atoms with Crippen LogP contribution >= 0.6 is 11.3 Å². The predicted molar refractivity (Wildman–Crippen MR) is 82.8 cm³/mol. The molecule has 24 heavy (non-hydrogen) atoms. The number of halogens is 2. The van der Waals surface area contributed by atoms with E-state index in [0.29, 0.717) is 27.8 Å². The van der Waals surface area contributed by atoms with Crippen molar-refractivity contribution in [1.82, 2.24) is 25.0 Å². The van der Waals surface area contributed by atoms with E-state index in [2.05, 4.69) is 20.5 Å². The van der Waals surface area contributed by atoms with Gasteiger partial charge in [-0.15, -0.1) is 10.2 Å². The number of benzene rings is 1. The van der Waals surface area contributed by atoms with Crippen LogP contribution in [0.5, 0.6) is 0 Å². The first-order chi connectivity index (χ1) is 11.5. The molecule has 9 heteroatoms. The molecule has 4 aromatic rings. The summed E-state index contributed by atoms with van der Waals surface area (Å²) < 4.78 is 33.2. The SMILES string of the molecule is Cc1noc(C)c1Cc1nnc2sc(-c3ccc(F)c(F)c3)nn12. The van der Waals surface area contributed by atoms with Crippen LogP contribution < -0.4 is 0 Å². The van der Waals surface area contributed by atoms with Crippen molar-refractivity contribution in [3.8, 4) is 10.6 Å². The lowest BCUT2D eigenvalue weighted by atomic mass is 10.1. The van der Waals surface area contributed by atoms with Gasteiger partial charge in [-0.1, -0.05) is 16.5 Å². The third-order valence-corrected chi connectivity index (χ3v) is 4.69. The van der Waals surface area contributed by atoms with E-state index in [1.807, 2.05) is 13.8 Å². The number of rotatable bonds is 3. The summed E-state index contributed by atoms with van der Waals surface area (Å²) in [6.45, 7) is 3.69. The average Bonchev–Trinajstić information content (AvgIpc) is 3.21. The summed E-state index contributed by atoms with van der Waals surface area (Å²) in [6, 6.07) is 3.69. The van der Waals surface area contributed by atoms with Gasteiger partial charge in [0.1, 0.15) is 10.8 Å². The Morgan fingerprint density at radius 1 is 1.17 bits per heavy atom. The lowest BCUT2D eigenvalue weighted by Gasteiger charge is -1.98. The van der Waals surface area contributed by atoms with Gasteiger partial charge in [0.2, 0.25) is 4.96 Å². The molecule has 0 fully saturated rings. The summed E-state index contributed by atoms with van der Waals surface area (Å²) in [4.78, 5) is 0.580. The first-order valence-corrected chi connectivity index (χ1v) is 7.93. The van der Waals surface area contributed by atoms with E-state index in [1.54, 1.807) is 4.52 Å². The van der Waals surface area contributed by atoms with Crippen LogP contribution in [0.4, 0.5) is 8.78 Å². The fourth-order valence-corrected chi connectivity index (χ4v) is 3.28. The highest BCUT2D eigenvalue weighted by Gasteiger charge is 2.17. The zero-order chi connectivity index (χ0) is 16.8. The van der Waals surface area contributed by atoms with Crippen molar-refractivity contribution in [2.24, 2.45) is 0 Å². The van der Waals surface area contributed by atoms with Gasteiger partial charge in [0.05, 0.1) is 5.69 Å². The molecule has 0 atom stereocenters. The van der Waals surface area contributed by atoms with E-state index in [0.717, 1.165) is 29.2 Å². The Balaban J connectivity index is 1.74. The molecule has 0 unspecified atom stereocenters. The number of fused-ring (bicyclic) bond motifs is 1. The van der Waals surface area contributed by atoms with Crippen molar-refractivity contribution in [2.75, 3.05) is 0 Å². The largest absolute Gasteiger partial charge is 0.361 e. The maximum absolute atomic E-state index is 13.4. The van der Waals surface area contributed by atoms with E-state index in [4.69, 9.17) is 4.52 Å². The molecule has 0 bridgehead atoms. The Kier molecular flexibility index (Phi) is 3.38. The fourth-order valence-electron chi connectivity index (χ4n) is 2.43. The minimum absolute atomic E-state index is 0.475. The maximum Gasteiger partial charge on any atom is 0.234 e. The molecule has 0 aliphatic rings. The van der Waals surface area contributed by atoms with Crippen LogP contribution in [0.15, 0.2) is 22.7 Å². The third-order valence-electron chi connectivity index (χ3n) is 3.74. The lowest BCUT2D eigenvalue weighted by molar-refractivity contribution is 0.392. The van der Waals surface area contributed by atoms with E-state index in [-0.39, 0.29) is 0 Å². The van der Waals surface area contributed by atoms with Crippen LogP contribution in [0, 0.1) is 25.5 Å². The second-order valence-electron chi connectivity index (χ2n) is 5.33. The minimum atomic E-state index is -0.908. The smallest absolute Gasteiger partial charge is 0.234 e. The van der Waals surface area contributed by atoms with Gasteiger partial charge in [-0.25, -0.2) is 8.78 Å². The first-order valence-electron chi connectivity index (χ1n) is 7.11. The van der Waals surface area contributed by atoms with Crippen molar-refractivity contribution < 1.29 is 13.3 Å². The Bertz CT molecular complexity index is 1030. The monoisotopic (exact) mass is 347 g/mol. The van der Waals surface area contributed by atoms with E-state index in [1.165, 1.54) is 17.4 Å². The Labute approximate surface area is 138 Å². The predicted octanol–water partition coefficient (Wildman–Crippen LogP) is 3.33. The van der Waals surface area contributed by atoms with Crippen LogP contribution in [-0.4, -0.2) is 25.0 Å². The van der Waals surface area contributed by atoms with Gasteiger partial charge >= 0.3 is 0 Å². The van der Waals surface area contributed by atoms with Crippen molar-refractivity contribution >= 4 is 16.3 Å². The van der Waals surface area contributed by atoms with E-state index >= 15 is 0 Å². The highest BCUT2D eigenvalue weighted by Crippen LogP contribution is 2.27. The number of hydrogen-bond donors (Lipinski definition) is 0. The number of aryl methyl sites for hydroxylation is 2. The maximum atomic E-state index is 13.4. The van der Waals surface area contributed by atoms with E-state index < -0.39 is 11.6 Å². The Morgan fingerprint density at radius 2 is 2.00 bits per heavy atom. The van der Waals surface area contributed by atoms with Crippen LogP contribution in [0.1, 0.15) is 22.8 Å². The highest BCUT2D eigenvalue weighted by molar-refractivity contribution is 7.19. The van der Waals surface area contributed by atoms with Crippen molar-refractivity contribution in [3.05, 3.63) is 52.7 Å². The second-order valence-corrected chi connectivity index (χ2v) is 6.28. The summed E-state index contributed by atoms with van der Waals surface area (Å²) >= 11 is 1.26. The highest BCUT2D eigenvalue weighted by atomic mass is 32.1. The van der Waals surface area contributed by atoms with Gasteiger partial charge < -0.3 is 4.52 Å². The zero-order valence-electron chi connectivity index (χ0n) is 12.7. The molecule has 0 saturated carbocycles. The molecule has 0 spiro atoms. The average molecular weight is 347 g/mol. The number of aromatic nitrogens is 5. The van der Waals surface area contributed by atoms with Gasteiger partial charge in [-0.3, -0.25) is 0 Å². The van der Waals surface area contributed by atoms with Crippen molar-refractivity contribution in [1.29, 1.82) is 0 Å². The Hall–Kier alpha value is -2.68. The molecule has 0 radical (unpaired) electrons. The summed E-state index contributed by atoms with van der Waals surface area (Å²) in [5.41, 5.74) is 2.22. The summed E-state index contributed by atoms with van der Waals surface area (Å²) in [5, 5.41) is 17.1.